The highest BCUT2D eigenvalue weighted by molar-refractivity contribution is 5.15. The van der Waals surface area contributed by atoms with Crippen LogP contribution in [-0.2, 0) is 22.5 Å². The smallest absolute Gasteiger partial charge is 0.0992 e. The predicted molar refractivity (Wildman–Crippen MR) is 97.3 cm³/mol. The molecule has 1 aliphatic carbocycles. The zero-order chi connectivity index (χ0) is 16.9. The largest absolute Gasteiger partial charge is 0.373 e. The minimum atomic E-state index is 0.199. The van der Waals surface area contributed by atoms with Crippen molar-refractivity contribution in [3.8, 4) is 0 Å². The lowest BCUT2D eigenvalue weighted by atomic mass is 10.1. The molecule has 4 heteroatoms. The molecule has 1 aliphatic heterocycles. The second-order valence-corrected chi connectivity index (χ2v) is 6.96. The molecular formula is C21H26N2O2. The van der Waals surface area contributed by atoms with Gasteiger partial charge in [-0.25, -0.2) is 0 Å². The lowest BCUT2D eigenvalue weighted by Crippen LogP contribution is -2.52. The fourth-order valence-corrected chi connectivity index (χ4v) is 4.05. The van der Waals surface area contributed by atoms with Crippen molar-refractivity contribution in [1.29, 1.82) is 0 Å². The third-order valence-corrected chi connectivity index (χ3v) is 5.37. The van der Waals surface area contributed by atoms with Crippen molar-refractivity contribution >= 4 is 0 Å². The highest BCUT2D eigenvalue weighted by atomic mass is 16.5. The van der Waals surface area contributed by atoms with Crippen LogP contribution in [0.4, 0.5) is 0 Å². The van der Waals surface area contributed by atoms with Gasteiger partial charge in [0.2, 0.25) is 0 Å². The van der Waals surface area contributed by atoms with Crippen molar-refractivity contribution in [2.45, 2.75) is 44.1 Å². The Morgan fingerprint density at radius 1 is 1.08 bits per heavy atom. The zero-order valence-electron chi connectivity index (χ0n) is 14.6. The van der Waals surface area contributed by atoms with Gasteiger partial charge in [-0.2, -0.15) is 0 Å². The summed E-state index contributed by atoms with van der Waals surface area (Å²) < 4.78 is 12.3. The third-order valence-electron chi connectivity index (χ3n) is 5.37. The van der Waals surface area contributed by atoms with E-state index in [0.717, 1.165) is 44.5 Å². The predicted octanol–water partition coefficient (Wildman–Crippen LogP) is 3.07. The Hall–Kier alpha value is -1.75. The molecule has 2 heterocycles. The molecule has 132 valence electrons. The maximum Gasteiger partial charge on any atom is 0.0992 e. The molecule has 0 N–H and O–H groups in total. The molecule has 1 aromatic carbocycles. The molecule has 2 aromatic rings. The molecular weight excluding hydrogens is 312 g/mol. The van der Waals surface area contributed by atoms with E-state index in [4.69, 9.17) is 9.47 Å². The van der Waals surface area contributed by atoms with Crippen molar-refractivity contribution in [3.63, 3.8) is 0 Å². The van der Waals surface area contributed by atoms with Gasteiger partial charge < -0.3 is 9.47 Å². The summed E-state index contributed by atoms with van der Waals surface area (Å²) in [6.45, 7) is 3.56. The fraction of sp³-hybridized carbons (Fsp3) is 0.476. The van der Waals surface area contributed by atoms with E-state index < -0.39 is 0 Å². The van der Waals surface area contributed by atoms with E-state index in [1.807, 2.05) is 12.3 Å². The zero-order valence-corrected chi connectivity index (χ0v) is 14.6. The lowest BCUT2D eigenvalue weighted by molar-refractivity contribution is -0.116. The van der Waals surface area contributed by atoms with Crippen LogP contribution in [0.3, 0.4) is 0 Å². The van der Waals surface area contributed by atoms with Crippen molar-refractivity contribution in [3.05, 3.63) is 66.0 Å². The van der Waals surface area contributed by atoms with E-state index in [1.54, 1.807) is 6.20 Å². The van der Waals surface area contributed by atoms with Crippen LogP contribution in [0.15, 0.2) is 54.9 Å². The highest BCUT2D eigenvalue weighted by Gasteiger charge is 2.43. The van der Waals surface area contributed by atoms with Gasteiger partial charge >= 0.3 is 0 Å². The maximum atomic E-state index is 6.18. The fourth-order valence-electron chi connectivity index (χ4n) is 4.05. The quantitative estimate of drug-likeness (QED) is 0.811. The van der Waals surface area contributed by atoms with E-state index in [0.29, 0.717) is 12.6 Å². The molecule has 2 aliphatic rings. The van der Waals surface area contributed by atoms with Crippen LogP contribution < -0.4 is 0 Å². The number of aromatic nitrogens is 1. The maximum absolute atomic E-state index is 6.18. The summed E-state index contributed by atoms with van der Waals surface area (Å²) in [5, 5.41) is 0. The van der Waals surface area contributed by atoms with Gasteiger partial charge in [0.25, 0.3) is 0 Å². The molecule has 3 atom stereocenters. The van der Waals surface area contributed by atoms with Crippen molar-refractivity contribution in [2.75, 3.05) is 19.7 Å². The van der Waals surface area contributed by atoms with Gasteiger partial charge in [0.05, 0.1) is 25.4 Å². The number of morpholine rings is 1. The molecule has 1 aromatic heterocycles. The summed E-state index contributed by atoms with van der Waals surface area (Å²) in [6, 6.07) is 15.3. The van der Waals surface area contributed by atoms with Crippen molar-refractivity contribution < 1.29 is 9.47 Å². The second kappa shape index (κ2) is 8.09. The van der Waals surface area contributed by atoms with E-state index in [-0.39, 0.29) is 12.2 Å². The number of hydrogen-bond donors (Lipinski definition) is 0. The van der Waals surface area contributed by atoms with E-state index in [1.165, 1.54) is 5.56 Å². The normalized spacial score (nSPS) is 26.5. The summed E-state index contributed by atoms with van der Waals surface area (Å²) in [5.41, 5.74) is 2.54. The van der Waals surface area contributed by atoms with Gasteiger partial charge in [-0.15, -0.1) is 0 Å². The first-order chi connectivity index (χ1) is 12.4. The highest BCUT2D eigenvalue weighted by Crippen LogP contribution is 2.32. The molecule has 0 amide bonds. The topological polar surface area (TPSA) is 34.6 Å². The van der Waals surface area contributed by atoms with E-state index >= 15 is 0 Å². The van der Waals surface area contributed by atoms with Crippen molar-refractivity contribution in [2.24, 2.45) is 0 Å². The number of nitrogens with zero attached hydrogens (tertiary/aromatic N) is 2. The average Bonchev–Trinajstić information content (AvgIpc) is 3.10. The molecule has 0 bridgehead atoms. The molecule has 0 spiro atoms. The third kappa shape index (κ3) is 4.09. The molecule has 25 heavy (non-hydrogen) atoms. The molecule has 0 unspecified atom stereocenters. The summed E-state index contributed by atoms with van der Waals surface area (Å²) in [7, 11) is 0. The number of pyridine rings is 1. The monoisotopic (exact) mass is 338 g/mol. The molecule has 4 nitrogen and oxygen atoms in total. The number of rotatable bonds is 6. The van der Waals surface area contributed by atoms with Gasteiger partial charge in [0.15, 0.2) is 0 Å². The minimum absolute atomic E-state index is 0.199. The number of benzene rings is 1. The van der Waals surface area contributed by atoms with Crippen LogP contribution >= 0.6 is 0 Å². The number of ether oxygens (including phenoxy) is 2. The summed E-state index contributed by atoms with van der Waals surface area (Å²) in [5.74, 6) is 0. The Balaban J connectivity index is 1.32. The molecule has 1 saturated carbocycles. The molecule has 1 saturated heterocycles. The van der Waals surface area contributed by atoms with Crippen LogP contribution in [0.1, 0.15) is 24.0 Å². The van der Waals surface area contributed by atoms with Crippen LogP contribution in [0.5, 0.6) is 0 Å². The van der Waals surface area contributed by atoms with E-state index in [9.17, 15) is 0 Å². The first-order valence-corrected chi connectivity index (χ1v) is 9.30. The Morgan fingerprint density at radius 3 is 2.80 bits per heavy atom. The van der Waals surface area contributed by atoms with Crippen LogP contribution in [0.2, 0.25) is 0 Å². The Bertz CT molecular complexity index is 649. The molecule has 0 radical (unpaired) electrons. The molecule has 2 fully saturated rings. The van der Waals surface area contributed by atoms with Crippen LogP contribution in [0, 0.1) is 0 Å². The standard InChI is InChI=1S/C21H26N2O2/c1-2-5-17(6-3-1)10-12-23-13-14-24-21-19(23)8-9-20(21)25-16-18-7-4-11-22-15-18/h1-7,11,15,19-21H,8-10,12-14,16H2/t19-,20-,21+/m0/s1. The van der Waals surface area contributed by atoms with Crippen LogP contribution in [0.25, 0.3) is 0 Å². The van der Waals surface area contributed by atoms with E-state index in [2.05, 4.69) is 46.3 Å². The minimum Gasteiger partial charge on any atom is -0.373 e. The summed E-state index contributed by atoms with van der Waals surface area (Å²) in [6.07, 6.45) is 7.43. The Labute approximate surface area is 149 Å². The van der Waals surface area contributed by atoms with Gasteiger partial charge in [-0.1, -0.05) is 36.4 Å². The van der Waals surface area contributed by atoms with Gasteiger partial charge in [-0.3, -0.25) is 9.88 Å². The molecule has 4 rings (SSSR count). The second-order valence-electron chi connectivity index (χ2n) is 6.96. The Kier molecular flexibility index (Phi) is 5.40. The number of fused-ring (bicyclic) bond motifs is 1. The van der Waals surface area contributed by atoms with Gasteiger partial charge in [0, 0.05) is 31.5 Å². The van der Waals surface area contributed by atoms with Gasteiger partial charge in [-0.05, 0) is 36.5 Å². The first kappa shape index (κ1) is 16.7. The lowest BCUT2D eigenvalue weighted by Gasteiger charge is -2.39. The SMILES string of the molecule is c1ccc(CCN2CCO[C@H]3[C@@H](OCc4cccnc4)CC[C@@H]32)cc1. The number of hydrogen-bond acceptors (Lipinski definition) is 4. The average molecular weight is 338 g/mol. The van der Waals surface area contributed by atoms with Gasteiger partial charge in [0.1, 0.15) is 0 Å². The van der Waals surface area contributed by atoms with Crippen LogP contribution in [-0.4, -0.2) is 47.8 Å². The Morgan fingerprint density at radius 2 is 1.96 bits per heavy atom. The van der Waals surface area contributed by atoms with Crippen molar-refractivity contribution in [1.82, 2.24) is 9.88 Å². The summed E-state index contributed by atoms with van der Waals surface area (Å²) >= 11 is 0. The first-order valence-electron chi connectivity index (χ1n) is 9.30. The summed E-state index contributed by atoms with van der Waals surface area (Å²) in [4.78, 5) is 6.76.